The quantitative estimate of drug-likeness (QED) is 0.0964. The Labute approximate surface area is 256 Å². The van der Waals surface area contributed by atoms with E-state index >= 15 is 0 Å². The fourth-order valence-electron chi connectivity index (χ4n) is 5.12. The van der Waals surface area contributed by atoms with Crippen molar-refractivity contribution in [3.05, 3.63) is 119 Å². The van der Waals surface area contributed by atoms with Crippen molar-refractivity contribution in [3.8, 4) is 22.3 Å². The van der Waals surface area contributed by atoms with E-state index < -0.39 is 17.0 Å². The molecular formula is C35H39Cl2SiTi-2. The van der Waals surface area contributed by atoms with Crippen LogP contribution in [0.2, 0.25) is 12.6 Å². The predicted molar refractivity (Wildman–Crippen MR) is 170 cm³/mol. The van der Waals surface area contributed by atoms with Gasteiger partial charge in [0.25, 0.3) is 0 Å². The molecule has 0 fully saturated rings. The average Bonchev–Trinajstić information content (AvgIpc) is 3.55. The van der Waals surface area contributed by atoms with Crippen LogP contribution in [0.1, 0.15) is 67.7 Å². The van der Waals surface area contributed by atoms with Crippen LogP contribution in [-0.4, -0.2) is 9.52 Å². The summed E-state index contributed by atoms with van der Waals surface area (Å²) in [6.07, 6.45) is 10.8. The molecule has 0 nitrogen and oxygen atoms in total. The molecule has 2 aliphatic rings. The van der Waals surface area contributed by atoms with Gasteiger partial charge in [0.2, 0.25) is 0 Å². The number of rotatable bonds is 7. The van der Waals surface area contributed by atoms with Gasteiger partial charge in [-0.2, -0.15) is 59.7 Å². The fraction of sp³-hybridized carbons (Fsp3) is 0.314. The summed E-state index contributed by atoms with van der Waals surface area (Å²) in [5.74, 6) is 0. The third kappa shape index (κ3) is 10.1. The normalized spacial score (nSPS) is 11.2. The van der Waals surface area contributed by atoms with Gasteiger partial charge in [-0.1, -0.05) is 129 Å². The van der Waals surface area contributed by atoms with Gasteiger partial charge in [-0.15, -0.1) is 11.1 Å². The first kappa shape index (κ1) is 31.9. The summed E-state index contributed by atoms with van der Waals surface area (Å²) >= 11 is -0.556. The van der Waals surface area contributed by atoms with Gasteiger partial charge >= 0.3 is 35.6 Å². The Morgan fingerprint density at radius 3 is 1.56 bits per heavy atom. The van der Waals surface area contributed by atoms with Crippen LogP contribution in [0.15, 0.2) is 84.9 Å². The Bertz CT molecular complexity index is 1070. The van der Waals surface area contributed by atoms with E-state index in [0.717, 1.165) is 22.4 Å². The molecule has 203 valence electrons. The topological polar surface area (TPSA) is 0 Å². The van der Waals surface area contributed by atoms with Crippen LogP contribution in [0.5, 0.6) is 0 Å². The van der Waals surface area contributed by atoms with Crippen molar-refractivity contribution in [1.82, 2.24) is 0 Å². The minimum absolute atomic E-state index is 0.556. The summed E-state index contributed by atoms with van der Waals surface area (Å²) in [6.45, 7) is 4.63. The van der Waals surface area contributed by atoms with Crippen molar-refractivity contribution < 1.29 is 17.0 Å². The Balaban J connectivity index is 0.000000156. The smallest absolute Gasteiger partial charge is 0.0253 e. The molecule has 0 saturated heterocycles. The minimum Gasteiger partial charge on any atom is -0.179 e. The fourth-order valence-corrected chi connectivity index (χ4v) is 5.82. The molecule has 0 N–H and O–H groups in total. The predicted octanol–water partition coefficient (Wildman–Crippen LogP) is 10.7. The van der Waals surface area contributed by atoms with Gasteiger partial charge in [0.1, 0.15) is 0 Å². The van der Waals surface area contributed by atoms with Crippen molar-refractivity contribution in [3.63, 3.8) is 0 Å². The summed E-state index contributed by atoms with van der Waals surface area (Å²) in [4.78, 5) is 0. The summed E-state index contributed by atoms with van der Waals surface area (Å²) in [5, 5.41) is 0. The van der Waals surface area contributed by atoms with E-state index in [1.807, 2.05) is 12.1 Å². The first-order valence-electron chi connectivity index (χ1n) is 14.1. The second-order valence-electron chi connectivity index (χ2n) is 9.83. The Hall–Kier alpha value is -1.61. The van der Waals surface area contributed by atoms with Gasteiger partial charge in [-0.25, -0.2) is 0 Å². The first-order chi connectivity index (χ1) is 19.2. The summed E-state index contributed by atoms with van der Waals surface area (Å²) in [7, 11) is 10.6. The molecular weight excluding hydrogens is 567 g/mol. The molecule has 0 unspecified atom stereocenters. The van der Waals surface area contributed by atoms with Crippen LogP contribution in [0, 0.1) is 12.1 Å². The van der Waals surface area contributed by atoms with Crippen LogP contribution in [0.4, 0.5) is 0 Å². The third-order valence-electron chi connectivity index (χ3n) is 7.08. The maximum absolute atomic E-state index is 4.89. The van der Waals surface area contributed by atoms with Gasteiger partial charge < -0.3 is 0 Å². The molecule has 0 saturated carbocycles. The number of hydrogen-bond acceptors (Lipinski definition) is 0. The van der Waals surface area contributed by atoms with Crippen LogP contribution < -0.4 is 0 Å². The van der Waals surface area contributed by atoms with Crippen LogP contribution in [0.3, 0.4) is 0 Å². The largest absolute Gasteiger partial charge is 0.179 e. The molecule has 4 aromatic carbocycles. The minimum atomic E-state index is -0.556. The maximum Gasteiger partial charge on any atom is -0.0253 e. The van der Waals surface area contributed by atoms with Crippen LogP contribution in [-0.2, 0) is 29.9 Å². The van der Waals surface area contributed by atoms with Crippen LogP contribution >= 0.6 is 18.6 Å². The van der Waals surface area contributed by atoms with Crippen molar-refractivity contribution in [1.29, 1.82) is 0 Å². The van der Waals surface area contributed by atoms with Gasteiger partial charge in [-0.05, 0) is 12.8 Å². The van der Waals surface area contributed by atoms with E-state index in [-0.39, 0.29) is 0 Å². The summed E-state index contributed by atoms with van der Waals surface area (Å²) in [5.41, 5.74) is 11.0. The Kier molecular flexibility index (Phi) is 15.3. The third-order valence-corrected chi connectivity index (χ3v) is 8.07. The van der Waals surface area contributed by atoms with Gasteiger partial charge in [0.15, 0.2) is 0 Å². The van der Waals surface area contributed by atoms with Crippen molar-refractivity contribution in [2.75, 3.05) is 0 Å². The second kappa shape index (κ2) is 18.7. The number of benzene rings is 4. The molecule has 4 heteroatoms. The average molecular weight is 607 g/mol. The molecule has 0 aliphatic heterocycles. The van der Waals surface area contributed by atoms with E-state index in [1.165, 1.54) is 89.1 Å². The molecule has 2 aliphatic carbocycles. The van der Waals surface area contributed by atoms with E-state index in [1.54, 1.807) is 0 Å². The molecule has 4 aromatic rings. The van der Waals surface area contributed by atoms with Gasteiger partial charge in [0, 0.05) is 9.52 Å². The molecule has 39 heavy (non-hydrogen) atoms. The number of fused-ring (bicyclic) bond motifs is 6. The SMILES string of the molecule is CCCCCCCC[SiH]C.[Cl][Ti][Cl].[c-]1cccc2c1Cc1ccccc1-2.[c-]1cccc2c1Cc1ccccc1-2. The zero-order valence-corrected chi connectivity index (χ0v) is 27.5. The van der Waals surface area contributed by atoms with Crippen LogP contribution in [0.25, 0.3) is 22.3 Å². The summed E-state index contributed by atoms with van der Waals surface area (Å²) in [6, 6.07) is 37.7. The molecule has 0 bridgehead atoms. The Morgan fingerprint density at radius 1 is 0.641 bits per heavy atom. The molecule has 0 spiro atoms. The standard InChI is InChI=1S/2C13H9.C9H21Si.2ClH.Ti/c2*1-3-7-12-10(5-1)9-11-6-2-4-8-13(11)12;1-3-4-5-6-7-8-9-10-2;;;/h2*1-5,7-8H,9H2;10H,3-9H2,1-2H3;2*1H;/q2*-1;;;;+2/p-2. The Morgan fingerprint density at radius 2 is 1.08 bits per heavy atom. The number of hydrogen-bond donors (Lipinski definition) is 0. The molecule has 1 radical (unpaired) electrons. The molecule has 6 rings (SSSR count). The van der Waals surface area contributed by atoms with E-state index in [4.69, 9.17) is 18.6 Å². The number of halogens is 2. The molecule has 0 aromatic heterocycles. The van der Waals surface area contributed by atoms with E-state index in [9.17, 15) is 0 Å². The molecule has 0 heterocycles. The van der Waals surface area contributed by atoms with Gasteiger partial charge in [0.05, 0.1) is 0 Å². The van der Waals surface area contributed by atoms with Crippen molar-refractivity contribution in [2.24, 2.45) is 0 Å². The monoisotopic (exact) mass is 605 g/mol. The van der Waals surface area contributed by atoms with Crippen molar-refractivity contribution >= 4 is 28.1 Å². The molecule has 0 amide bonds. The van der Waals surface area contributed by atoms with Crippen molar-refractivity contribution in [2.45, 2.75) is 70.9 Å². The first-order valence-corrected chi connectivity index (χ1v) is 20.4. The van der Waals surface area contributed by atoms with E-state index in [2.05, 4.69) is 98.4 Å². The van der Waals surface area contributed by atoms with E-state index in [0.29, 0.717) is 0 Å². The second-order valence-corrected chi connectivity index (χ2v) is 13.8. The zero-order valence-electron chi connectivity index (χ0n) is 23.3. The molecule has 0 atom stereocenters. The van der Waals surface area contributed by atoms with Gasteiger partial charge in [-0.3, -0.25) is 0 Å². The number of unbranched alkanes of at least 4 members (excludes halogenated alkanes) is 5. The maximum atomic E-state index is 4.89. The zero-order chi connectivity index (χ0) is 27.7. The summed E-state index contributed by atoms with van der Waals surface area (Å²) < 4.78 is 0.